The normalized spacial score (nSPS) is 11.3. The Labute approximate surface area is 190 Å². The highest BCUT2D eigenvalue weighted by Gasteiger charge is 2.29. The molecule has 2 aromatic carbocycles. The molecule has 30 heavy (non-hydrogen) atoms. The number of nitrogens with one attached hydrogen (secondary N) is 2. The summed E-state index contributed by atoms with van der Waals surface area (Å²) in [5.74, 6) is 2.22. The van der Waals surface area contributed by atoms with Crippen molar-refractivity contribution in [3.63, 3.8) is 0 Å². The molecule has 0 atom stereocenters. The molecule has 0 aliphatic rings. The number of rotatable bonds is 8. The molecule has 2 aromatic rings. The van der Waals surface area contributed by atoms with Crippen molar-refractivity contribution in [1.82, 2.24) is 10.6 Å². The summed E-state index contributed by atoms with van der Waals surface area (Å²) in [4.78, 5) is 4.12. The van der Waals surface area contributed by atoms with E-state index < -0.39 is 11.7 Å². The second-order valence-corrected chi connectivity index (χ2v) is 5.91. The summed E-state index contributed by atoms with van der Waals surface area (Å²) >= 11 is 0. The highest BCUT2D eigenvalue weighted by Crippen LogP contribution is 2.30. The highest BCUT2D eigenvalue weighted by atomic mass is 127. The summed E-state index contributed by atoms with van der Waals surface area (Å²) < 4.78 is 53.6. The van der Waals surface area contributed by atoms with Gasteiger partial charge in [-0.05, 0) is 42.0 Å². The van der Waals surface area contributed by atoms with Crippen LogP contribution in [-0.4, -0.2) is 40.4 Å². The zero-order valence-corrected chi connectivity index (χ0v) is 19.2. The molecule has 0 aliphatic heterocycles. The Bertz CT molecular complexity index is 815. The number of benzene rings is 2. The number of guanidine groups is 1. The molecule has 0 spiro atoms. The molecule has 0 radical (unpaired) electrons. The average Bonchev–Trinajstić information content (AvgIpc) is 2.72. The van der Waals surface area contributed by atoms with Crippen molar-refractivity contribution >= 4 is 29.9 Å². The topological polar surface area (TPSA) is 64.1 Å². The quantitative estimate of drug-likeness (QED) is 0.229. The molecule has 10 heteroatoms. The van der Waals surface area contributed by atoms with E-state index in [1.807, 2.05) is 18.2 Å². The minimum atomic E-state index is -4.36. The predicted molar refractivity (Wildman–Crippen MR) is 120 cm³/mol. The lowest BCUT2D eigenvalue weighted by atomic mass is 10.2. The van der Waals surface area contributed by atoms with E-state index in [9.17, 15) is 13.2 Å². The van der Waals surface area contributed by atoms with Crippen LogP contribution in [0.15, 0.2) is 47.5 Å². The van der Waals surface area contributed by atoms with Crippen molar-refractivity contribution in [2.24, 2.45) is 4.99 Å². The summed E-state index contributed by atoms with van der Waals surface area (Å²) in [5.41, 5.74) is 0.273. The molecule has 2 rings (SSSR count). The van der Waals surface area contributed by atoms with Gasteiger partial charge in [-0.15, -0.1) is 24.0 Å². The molecule has 0 heterocycles. The maximum absolute atomic E-state index is 12.5. The first kappa shape index (κ1) is 25.7. The van der Waals surface area contributed by atoms with Gasteiger partial charge in [0.05, 0.1) is 26.3 Å². The molecule has 6 nitrogen and oxygen atoms in total. The number of aliphatic imine (C=N–C) groups is 1. The molecule has 2 N–H and O–H groups in total. The summed E-state index contributed by atoms with van der Waals surface area (Å²) in [6.07, 6.45) is -4.36. The van der Waals surface area contributed by atoms with E-state index in [0.717, 1.165) is 17.7 Å². The number of alkyl halides is 3. The Kier molecular flexibility index (Phi) is 10.6. The number of nitrogens with zero attached hydrogens (tertiary/aromatic N) is 1. The van der Waals surface area contributed by atoms with Gasteiger partial charge in [0.2, 0.25) is 0 Å². The third kappa shape index (κ3) is 7.81. The van der Waals surface area contributed by atoms with Crippen molar-refractivity contribution < 1.29 is 27.4 Å². The van der Waals surface area contributed by atoms with Crippen LogP contribution in [0, 0.1) is 0 Å². The fraction of sp³-hybridized carbons (Fsp3) is 0.350. The lowest BCUT2D eigenvalue weighted by Crippen LogP contribution is -2.38. The lowest BCUT2D eigenvalue weighted by Gasteiger charge is -2.14. The van der Waals surface area contributed by atoms with E-state index in [-0.39, 0.29) is 30.6 Å². The highest BCUT2D eigenvalue weighted by molar-refractivity contribution is 14.0. The van der Waals surface area contributed by atoms with E-state index in [4.69, 9.17) is 14.2 Å². The van der Waals surface area contributed by atoms with Crippen LogP contribution in [-0.2, 0) is 12.7 Å². The Balaban J connectivity index is 0.00000450. The summed E-state index contributed by atoms with van der Waals surface area (Å²) in [7, 11) is 4.79. The Hall–Kier alpha value is -2.37. The van der Waals surface area contributed by atoms with Gasteiger partial charge in [0.1, 0.15) is 12.4 Å². The van der Waals surface area contributed by atoms with Gasteiger partial charge in [0.25, 0.3) is 0 Å². The number of hydrogen-bond donors (Lipinski definition) is 2. The van der Waals surface area contributed by atoms with Gasteiger partial charge in [-0.25, -0.2) is 0 Å². The standard InChI is InChI=1S/C20H24F3N3O3.HI/c1-24-19(26-13-14-4-9-17(27-2)18(12-14)28-3)25-10-11-29-16-7-5-15(6-8-16)20(21,22)23;/h4-9,12H,10-11,13H2,1-3H3,(H2,24,25,26);1H. The number of hydrogen-bond acceptors (Lipinski definition) is 4. The summed E-state index contributed by atoms with van der Waals surface area (Å²) in [6.45, 7) is 1.20. The predicted octanol–water partition coefficient (Wildman–Crippen LogP) is 4.08. The van der Waals surface area contributed by atoms with E-state index in [1.165, 1.54) is 12.1 Å². The zero-order valence-electron chi connectivity index (χ0n) is 16.9. The van der Waals surface area contributed by atoms with Crippen LogP contribution in [0.3, 0.4) is 0 Å². The first-order valence-electron chi connectivity index (χ1n) is 8.83. The van der Waals surface area contributed by atoms with Gasteiger partial charge in [0, 0.05) is 13.6 Å². The number of ether oxygens (including phenoxy) is 3. The first-order chi connectivity index (χ1) is 13.9. The number of halogens is 4. The van der Waals surface area contributed by atoms with Gasteiger partial charge in [-0.2, -0.15) is 13.2 Å². The molecular weight excluding hydrogens is 514 g/mol. The SMILES string of the molecule is CN=C(NCCOc1ccc(C(F)(F)F)cc1)NCc1ccc(OC)c(OC)c1.I. The van der Waals surface area contributed by atoms with Crippen LogP contribution < -0.4 is 24.8 Å². The molecule has 0 aliphatic carbocycles. The van der Waals surface area contributed by atoms with Gasteiger partial charge in [-0.3, -0.25) is 4.99 Å². The van der Waals surface area contributed by atoms with Gasteiger partial charge in [0.15, 0.2) is 17.5 Å². The largest absolute Gasteiger partial charge is 0.493 e. The second kappa shape index (κ2) is 12.4. The molecule has 0 saturated carbocycles. The molecule has 0 amide bonds. The molecule has 166 valence electrons. The van der Waals surface area contributed by atoms with Crippen LogP contribution in [0.25, 0.3) is 0 Å². The summed E-state index contributed by atoms with van der Waals surface area (Å²) in [5, 5.41) is 6.23. The minimum absolute atomic E-state index is 0. The average molecular weight is 539 g/mol. The Morgan fingerprint density at radius 3 is 2.20 bits per heavy atom. The van der Waals surface area contributed by atoms with Gasteiger partial charge in [-0.1, -0.05) is 6.07 Å². The van der Waals surface area contributed by atoms with E-state index >= 15 is 0 Å². The zero-order chi connectivity index (χ0) is 21.3. The monoisotopic (exact) mass is 539 g/mol. The molecule has 0 fully saturated rings. The maximum atomic E-state index is 12.5. The van der Waals surface area contributed by atoms with Gasteiger partial charge >= 0.3 is 6.18 Å². The maximum Gasteiger partial charge on any atom is 0.416 e. The van der Waals surface area contributed by atoms with E-state index in [0.29, 0.717) is 36.3 Å². The van der Waals surface area contributed by atoms with Crippen molar-refractivity contribution in [3.8, 4) is 17.2 Å². The third-order valence-electron chi connectivity index (χ3n) is 3.98. The fourth-order valence-corrected chi connectivity index (χ4v) is 2.48. The van der Waals surface area contributed by atoms with Crippen LogP contribution >= 0.6 is 24.0 Å². The van der Waals surface area contributed by atoms with Crippen molar-refractivity contribution in [2.75, 3.05) is 34.4 Å². The molecule has 0 unspecified atom stereocenters. The molecule has 0 bridgehead atoms. The van der Waals surface area contributed by atoms with Crippen molar-refractivity contribution in [2.45, 2.75) is 12.7 Å². The molecular formula is C20H25F3IN3O3. The van der Waals surface area contributed by atoms with E-state index in [1.54, 1.807) is 21.3 Å². The molecule has 0 saturated heterocycles. The number of methoxy groups -OCH3 is 2. The second-order valence-electron chi connectivity index (χ2n) is 5.91. The van der Waals surface area contributed by atoms with Crippen LogP contribution in [0.2, 0.25) is 0 Å². The Morgan fingerprint density at radius 2 is 1.63 bits per heavy atom. The van der Waals surface area contributed by atoms with Crippen molar-refractivity contribution in [3.05, 3.63) is 53.6 Å². The minimum Gasteiger partial charge on any atom is -0.493 e. The third-order valence-corrected chi connectivity index (χ3v) is 3.98. The first-order valence-corrected chi connectivity index (χ1v) is 8.83. The van der Waals surface area contributed by atoms with Crippen LogP contribution in [0.4, 0.5) is 13.2 Å². The van der Waals surface area contributed by atoms with Crippen LogP contribution in [0.1, 0.15) is 11.1 Å². The van der Waals surface area contributed by atoms with Crippen molar-refractivity contribution in [1.29, 1.82) is 0 Å². The van der Waals surface area contributed by atoms with Crippen LogP contribution in [0.5, 0.6) is 17.2 Å². The van der Waals surface area contributed by atoms with E-state index in [2.05, 4.69) is 15.6 Å². The summed E-state index contributed by atoms with van der Waals surface area (Å²) in [6, 6.07) is 10.2. The fourth-order valence-electron chi connectivity index (χ4n) is 2.48. The molecule has 0 aromatic heterocycles. The van der Waals surface area contributed by atoms with Gasteiger partial charge < -0.3 is 24.8 Å². The lowest BCUT2D eigenvalue weighted by molar-refractivity contribution is -0.137. The smallest absolute Gasteiger partial charge is 0.416 e. The Morgan fingerprint density at radius 1 is 0.967 bits per heavy atom.